The highest BCUT2D eigenvalue weighted by Gasteiger charge is 2.25. The SMILES string of the molecule is Cc1ccc2c(c1)N(Cc1ccccc1F)C=NS2(=O)=O. The van der Waals surface area contributed by atoms with Gasteiger partial charge in [0, 0.05) is 5.56 Å². The molecular weight excluding hydrogens is 291 g/mol. The van der Waals surface area contributed by atoms with Gasteiger partial charge < -0.3 is 4.90 Å². The van der Waals surface area contributed by atoms with Crippen molar-refractivity contribution in [2.45, 2.75) is 18.4 Å². The van der Waals surface area contributed by atoms with Crippen LogP contribution in [0.1, 0.15) is 11.1 Å². The van der Waals surface area contributed by atoms with Crippen molar-refractivity contribution in [1.82, 2.24) is 0 Å². The van der Waals surface area contributed by atoms with E-state index in [9.17, 15) is 12.8 Å². The second-order valence-electron chi connectivity index (χ2n) is 4.89. The van der Waals surface area contributed by atoms with Gasteiger partial charge in [0.15, 0.2) is 0 Å². The van der Waals surface area contributed by atoms with E-state index in [1.54, 1.807) is 35.2 Å². The molecule has 108 valence electrons. The normalized spacial score (nSPS) is 15.8. The van der Waals surface area contributed by atoms with Crippen molar-refractivity contribution in [1.29, 1.82) is 0 Å². The molecule has 1 aliphatic heterocycles. The molecule has 3 rings (SSSR count). The first-order valence-corrected chi connectivity index (χ1v) is 7.82. The number of hydrogen-bond acceptors (Lipinski definition) is 3. The Labute approximate surface area is 122 Å². The van der Waals surface area contributed by atoms with Crippen molar-refractivity contribution < 1.29 is 12.8 Å². The van der Waals surface area contributed by atoms with E-state index < -0.39 is 10.0 Å². The standard InChI is InChI=1S/C15H13FN2O2S/c1-11-6-7-15-14(8-11)18(10-17-21(15,19)20)9-12-4-2-3-5-13(12)16/h2-8,10H,9H2,1H3. The lowest BCUT2D eigenvalue weighted by Gasteiger charge is -2.25. The summed E-state index contributed by atoms with van der Waals surface area (Å²) in [6.45, 7) is 2.10. The maximum absolute atomic E-state index is 13.8. The third-order valence-corrected chi connectivity index (χ3v) is 4.60. The summed E-state index contributed by atoms with van der Waals surface area (Å²) >= 11 is 0. The predicted molar refractivity (Wildman–Crippen MR) is 79.4 cm³/mol. The Morgan fingerprint density at radius 2 is 1.95 bits per heavy atom. The number of hydrogen-bond donors (Lipinski definition) is 0. The van der Waals surface area contributed by atoms with Crippen LogP contribution in [0.4, 0.5) is 10.1 Å². The molecule has 1 heterocycles. The van der Waals surface area contributed by atoms with E-state index in [1.165, 1.54) is 18.5 Å². The average Bonchev–Trinajstić information content (AvgIpc) is 2.44. The summed E-state index contributed by atoms with van der Waals surface area (Å²) in [7, 11) is -3.66. The molecule has 0 saturated carbocycles. The van der Waals surface area contributed by atoms with Crippen molar-refractivity contribution in [2.24, 2.45) is 4.40 Å². The first-order chi connectivity index (χ1) is 9.97. The third kappa shape index (κ3) is 2.54. The molecule has 2 aromatic carbocycles. The molecule has 0 radical (unpaired) electrons. The first-order valence-electron chi connectivity index (χ1n) is 6.38. The number of aryl methyl sites for hydroxylation is 1. The molecule has 2 aromatic rings. The zero-order valence-corrected chi connectivity index (χ0v) is 12.1. The van der Waals surface area contributed by atoms with Crippen molar-refractivity contribution in [3.8, 4) is 0 Å². The minimum Gasteiger partial charge on any atom is -0.326 e. The van der Waals surface area contributed by atoms with Crippen LogP contribution in [0.2, 0.25) is 0 Å². The van der Waals surface area contributed by atoms with Crippen LogP contribution in [0.3, 0.4) is 0 Å². The van der Waals surface area contributed by atoms with E-state index in [-0.39, 0.29) is 17.3 Å². The highest BCUT2D eigenvalue weighted by Crippen LogP contribution is 2.31. The van der Waals surface area contributed by atoms with E-state index in [0.717, 1.165) is 5.56 Å². The number of halogens is 1. The van der Waals surface area contributed by atoms with Crippen molar-refractivity contribution in [2.75, 3.05) is 4.90 Å². The number of rotatable bonds is 2. The second kappa shape index (κ2) is 4.96. The summed E-state index contributed by atoms with van der Waals surface area (Å²) in [6, 6.07) is 11.4. The van der Waals surface area contributed by atoms with Gasteiger partial charge in [0.05, 0.1) is 12.2 Å². The highest BCUT2D eigenvalue weighted by molar-refractivity contribution is 7.90. The monoisotopic (exact) mass is 304 g/mol. The van der Waals surface area contributed by atoms with Crippen molar-refractivity contribution >= 4 is 22.0 Å². The lowest BCUT2D eigenvalue weighted by atomic mass is 10.1. The van der Waals surface area contributed by atoms with Crippen LogP contribution in [0, 0.1) is 12.7 Å². The first kappa shape index (κ1) is 13.8. The molecule has 0 aromatic heterocycles. The Kier molecular flexibility index (Phi) is 3.25. The van der Waals surface area contributed by atoms with Crippen LogP contribution >= 0.6 is 0 Å². The van der Waals surface area contributed by atoms with Gasteiger partial charge in [-0.05, 0) is 30.7 Å². The summed E-state index contributed by atoms with van der Waals surface area (Å²) in [5.74, 6) is -0.325. The molecular formula is C15H13FN2O2S. The average molecular weight is 304 g/mol. The summed E-state index contributed by atoms with van der Waals surface area (Å²) in [6.07, 6.45) is 1.24. The summed E-state index contributed by atoms with van der Waals surface area (Å²) in [4.78, 5) is 1.79. The Morgan fingerprint density at radius 3 is 2.71 bits per heavy atom. The molecule has 0 spiro atoms. The van der Waals surface area contributed by atoms with Gasteiger partial charge in [-0.25, -0.2) is 4.39 Å². The Balaban J connectivity index is 2.06. The summed E-state index contributed by atoms with van der Waals surface area (Å²) in [5, 5.41) is 0. The maximum atomic E-state index is 13.8. The molecule has 6 heteroatoms. The lowest BCUT2D eigenvalue weighted by Crippen LogP contribution is -2.27. The second-order valence-corrected chi connectivity index (χ2v) is 6.49. The largest absolute Gasteiger partial charge is 0.326 e. The van der Waals surface area contributed by atoms with Crippen LogP contribution in [-0.2, 0) is 16.6 Å². The van der Waals surface area contributed by atoms with Gasteiger partial charge in [0.2, 0.25) is 0 Å². The number of sulfonamides is 1. The van der Waals surface area contributed by atoms with Crippen molar-refractivity contribution in [3.63, 3.8) is 0 Å². The van der Waals surface area contributed by atoms with Crippen LogP contribution in [0.15, 0.2) is 51.8 Å². The number of fused-ring (bicyclic) bond motifs is 1. The molecule has 0 saturated heterocycles. The van der Waals surface area contributed by atoms with E-state index in [1.807, 2.05) is 6.92 Å². The highest BCUT2D eigenvalue weighted by atomic mass is 32.2. The quantitative estimate of drug-likeness (QED) is 0.857. The van der Waals surface area contributed by atoms with E-state index in [0.29, 0.717) is 11.3 Å². The molecule has 0 bridgehead atoms. The molecule has 0 atom stereocenters. The molecule has 0 fully saturated rings. The fraction of sp³-hybridized carbons (Fsp3) is 0.133. The number of anilines is 1. The minimum atomic E-state index is -3.66. The smallest absolute Gasteiger partial charge is 0.285 e. The minimum absolute atomic E-state index is 0.145. The van der Waals surface area contributed by atoms with Crippen LogP contribution < -0.4 is 4.90 Å². The summed E-state index contributed by atoms with van der Waals surface area (Å²) in [5.41, 5.74) is 1.93. The zero-order chi connectivity index (χ0) is 15.0. The van der Waals surface area contributed by atoms with Crippen LogP contribution in [0.25, 0.3) is 0 Å². The fourth-order valence-electron chi connectivity index (χ4n) is 2.24. The van der Waals surface area contributed by atoms with Crippen LogP contribution in [-0.4, -0.2) is 14.8 Å². The topological polar surface area (TPSA) is 49.7 Å². The van der Waals surface area contributed by atoms with E-state index in [2.05, 4.69) is 4.40 Å². The van der Waals surface area contributed by atoms with E-state index >= 15 is 0 Å². The van der Waals surface area contributed by atoms with Gasteiger partial charge in [-0.15, -0.1) is 4.40 Å². The molecule has 0 aliphatic carbocycles. The van der Waals surface area contributed by atoms with Crippen molar-refractivity contribution in [3.05, 3.63) is 59.4 Å². The number of nitrogens with zero attached hydrogens (tertiary/aromatic N) is 2. The van der Waals surface area contributed by atoms with Gasteiger partial charge in [-0.1, -0.05) is 24.3 Å². The van der Waals surface area contributed by atoms with Gasteiger partial charge in [-0.3, -0.25) is 0 Å². The Hall–Kier alpha value is -2.21. The van der Waals surface area contributed by atoms with Gasteiger partial charge in [0.25, 0.3) is 10.0 Å². The maximum Gasteiger partial charge on any atom is 0.285 e. The molecule has 4 nitrogen and oxygen atoms in total. The summed E-state index contributed by atoms with van der Waals surface area (Å²) < 4.78 is 41.3. The third-order valence-electron chi connectivity index (χ3n) is 3.33. The molecule has 0 N–H and O–H groups in total. The fourth-order valence-corrected chi connectivity index (χ4v) is 3.28. The molecule has 21 heavy (non-hydrogen) atoms. The van der Waals surface area contributed by atoms with Crippen LogP contribution in [0.5, 0.6) is 0 Å². The molecule has 0 amide bonds. The molecule has 0 unspecified atom stereocenters. The van der Waals surface area contributed by atoms with Gasteiger partial charge in [-0.2, -0.15) is 8.42 Å². The Bertz CT molecular complexity index is 831. The van der Waals surface area contributed by atoms with Gasteiger partial charge >= 0.3 is 0 Å². The molecule has 1 aliphatic rings. The van der Waals surface area contributed by atoms with E-state index in [4.69, 9.17) is 0 Å². The Morgan fingerprint density at radius 1 is 1.19 bits per heavy atom. The zero-order valence-electron chi connectivity index (χ0n) is 11.3. The lowest BCUT2D eigenvalue weighted by molar-refractivity contribution is 0.596. The predicted octanol–water partition coefficient (Wildman–Crippen LogP) is 2.87. The number of benzene rings is 2. The van der Waals surface area contributed by atoms with Gasteiger partial charge in [0.1, 0.15) is 17.1 Å².